The molecule has 11 aromatic rings. The van der Waals surface area contributed by atoms with Crippen molar-refractivity contribution < 1.29 is 39.0 Å². The number of benzene rings is 6. The summed E-state index contributed by atoms with van der Waals surface area (Å²) in [5.41, 5.74) is 9.72. The Morgan fingerprint density at radius 2 is 0.846 bits per heavy atom. The third-order valence-corrected chi connectivity index (χ3v) is 14.6. The van der Waals surface area contributed by atoms with Gasteiger partial charge in [0.2, 0.25) is 22.4 Å². The lowest BCUT2D eigenvalue weighted by molar-refractivity contribution is -0.115. The van der Waals surface area contributed by atoms with Crippen LogP contribution in [-0.2, 0) is 22.4 Å². The number of carbonyl (C=O) groups excluding carboxylic acids is 2. The molecule has 2 aliphatic rings. The minimum Gasteiger partial charge on any atom is -0.507 e. The predicted octanol–water partition coefficient (Wildman–Crippen LogP) is 12.2. The van der Waals surface area contributed by atoms with E-state index in [0.717, 1.165) is 65.2 Å². The van der Waals surface area contributed by atoms with Crippen molar-refractivity contribution in [3.05, 3.63) is 234 Å². The number of amides is 2. The first-order chi connectivity index (χ1) is 43.9. The van der Waals surface area contributed by atoms with Crippen molar-refractivity contribution in [2.24, 2.45) is 0 Å². The molecule has 0 aliphatic carbocycles. The highest BCUT2D eigenvalue weighted by molar-refractivity contribution is 9.10. The largest absolute Gasteiger partial charge is 0.507 e. The molecule has 21 nitrogen and oxygen atoms in total. The lowest BCUT2D eigenvalue weighted by Crippen LogP contribution is -2.30. The fraction of sp³-hybridized carbons (Fsp3) is 0.0794. The number of hydrogen-bond acceptors (Lipinski definition) is 18. The maximum atomic E-state index is 11.5. The van der Waals surface area contributed by atoms with E-state index < -0.39 is 7.12 Å². The molecule has 91 heavy (non-hydrogen) atoms. The lowest BCUT2D eigenvalue weighted by Gasteiger charge is -2.09. The van der Waals surface area contributed by atoms with Gasteiger partial charge in [0.25, 0.3) is 0 Å². The van der Waals surface area contributed by atoms with Crippen LogP contribution in [0.15, 0.2) is 197 Å². The maximum absolute atomic E-state index is 11.5. The third kappa shape index (κ3) is 18.9. The zero-order valence-electron chi connectivity index (χ0n) is 47.9. The number of halogens is 6. The molecule has 460 valence electrons. The summed E-state index contributed by atoms with van der Waals surface area (Å²) in [4.78, 5) is 71.9. The highest BCUT2D eigenvalue weighted by Gasteiger charge is 2.23. The molecule has 0 saturated carbocycles. The predicted molar refractivity (Wildman–Crippen MR) is 358 cm³/mol. The van der Waals surface area contributed by atoms with Gasteiger partial charge in [0.05, 0.1) is 53.2 Å². The molecule has 0 unspecified atom stereocenters. The van der Waals surface area contributed by atoms with Gasteiger partial charge in [-0.2, -0.15) is 0 Å². The van der Waals surface area contributed by atoms with E-state index in [1.165, 1.54) is 19.5 Å². The van der Waals surface area contributed by atoms with Crippen molar-refractivity contribution in [3.8, 4) is 79.2 Å². The molecule has 0 atom stereocenters. The molecule has 6 N–H and O–H groups in total. The van der Waals surface area contributed by atoms with Gasteiger partial charge in [-0.25, -0.2) is 49.7 Å². The molecular formula is C63H49BBr2Cl4N12O9. The summed E-state index contributed by atoms with van der Waals surface area (Å²) >= 11 is 29.9. The number of aromatic amines is 1. The molecule has 5 aromatic heterocycles. The van der Waals surface area contributed by atoms with E-state index in [4.69, 9.17) is 70.7 Å². The van der Waals surface area contributed by atoms with Crippen LogP contribution in [0.3, 0.4) is 0 Å². The molecule has 0 saturated heterocycles. The highest BCUT2D eigenvalue weighted by Crippen LogP contribution is 2.37. The summed E-state index contributed by atoms with van der Waals surface area (Å²) in [7, 11) is 3.29. The maximum Gasteiger partial charge on any atom is 0.492 e. The molecule has 0 radical (unpaired) electrons. The Hall–Kier alpha value is -9.24. The Morgan fingerprint density at radius 3 is 1.24 bits per heavy atom. The first-order valence-electron chi connectivity index (χ1n) is 26.7. The van der Waals surface area contributed by atoms with Gasteiger partial charge in [-0.3, -0.25) is 9.59 Å². The van der Waals surface area contributed by atoms with E-state index in [0.29, 0.717) is 68.0 Å². The smallest absolute Gasteiger partial charge is 0.492 e. The monoisotopic (exact) mass is 1430 g/mol. The van der Waals surface area contributed by atoms with Gasteiger partial charge < -0.3 is 45.0 Å². The van der Waals surface area contributed by atoms with Crippen LogP contribution in [0.25, 0.3) is 56.2 Å². The van der Waals surface area contributed by atoms with E-state index in [-0.39, 0.29) is 33.8 Å². The second-order valence-electron chi connectivity index (χ2n) is 18.7. The third-order valence-electron chi connectivity index (χ3n) is 12.7. The van der Waals surface area contributed by atoms with Crippen LogP contribution in [0, 0.1) is 0 Å². The number of para-hydroxylation sites is 4. The van der Waals surface area contributed by atoms with Crippen molar-refractivity contribution >= 4 is 114 Å². The number of aromatic nitrogens is 10. The number of nitrogens with one attached hydrogen (secondary N) is 3. The number of nitrogens with zero attached hydrogens (tertiary/aromatic N) is 9. The zero-order valence-corrected chi connectivity index (χ0v) is 54.1. The number of rotatable bonds is 9. The molecule has 0 spiro atoms. The fourth-order valence-corrected chi connectivity index (χ4v) is 9.60. The first-order valence-corrected chi connectivity index (χ1v) is 29.8. The average molecular weight is 1430 g/mol. The van der Waals surface area contributed by atoms with E-state index in [1.54, 1.807) is 118 Å². The SMILES string of the molecule is COc1ccccc1-c1cnc(-c2cc3c(cc2Cl)NC(=O)C3)nc1.COc1ccccc1-c1cnc(Cl)nc1.COc1ccccc1B(O)O.Clc1ncc(Br)cn1.O=C1Cc2cc(-c3ncc(-c4ccccc4O)cn3)c(Cl)cc2N1.O=c1ncc(Br)c[nH]1. The van der Waals surface area contributed by atoms with Crippen molar-refractivity contribution in [3.63, 3.8) is 0 Å². The van der Waals surface area contributed by atoms with Gasteiger partial charge in [0.1, 0.15) is 23.0 Å². The molecule has 0 fully saturated rings. The number of carbonyl (C=O) groups is 2. The minimum atomic E-state index is -1.47. The summed E-state index contributed by atoms with van der Waals surface area (Å²) in [6, 6.07) is 36.3. The number of hydrogen-bond donors (Lipinski definition) is 6. The number of aromatic hydroxyl groups is 1. The quantitative estimate of drug-likeness (QED) is 0.0578. The first kappa shape index (κ1) is 67.7. The van der Waals surface area contributed by atoms with E-state index in [9.17, 15) is 19.5 Å². The van der Waals surface area contributed by atoms with Crippen LogP contribution < -0.4 is 36.0 Å². The number of phenols is 1. The average Bonchev–Trinajstić information content (AvgIpc) is 1.88. The number of H-pyrrole nitrogens is 1. The van der Waals surface area contributed by atoms with Crippen LogP contribution in [0.5, 0.6) is 23.0 Å². The lowest BCUT2D eigenvalue weighted by atomic mass is 9.80. The fourth-order valence-electron chi connectivity index (χ4n) is 8.49. The van der Waals surface area contributed by atoms with Gasteiger partial charge in [0.15, 0.2) is 11.6 Å². The van der Waals surface area contributed by atoms with Gasteiger partial charge in [0, 0.05) is 123 Å². The number of phenolic OH excluding ortho intramolecular Hbond substituents is 1. The molecular weight excluding hydrogens is 1380 g/mol. The van der Waals surface area contributed by atoms with E-state index >= 15 is 0 Å². The Labute approximate surface area is 557 Å². The number of anilines is 2. The molecule has 6 aromatic carbocycles. The second-order valence-corrected chi connectivity index (χ2v) is 22.0. The van der Waals surface area contributed by atoms with E-state index in [2.05, 4.69) is 92.3 Å². The summed E-state index contributed by atoms with van der Waals surface area (Å²) in [5, 5.41) is 34.6. The Balaban J connectivity index is 0.000000149. The van der Waals surface area contributed by atoms with Crippen molar-refractivity contribution in [1.29, 1.82) is 0 Å². The standard InChI is InChI=1S/C19H14ClN3O2.C18H12ClN3O2.C11H9ClN2O.C7H9BO3.C4H2BrClN2.C4H3BrN2O/c1-25-17-5-3-2-4-13(17)12-9-21-19(22-10-12)14-6-11-7-18(24)23-16(11)8-15(14)20;19-14-7-15-10(6-17(24)22-15)5-13(14)18-20-8-11(9-21-18)12-3-1-2-4-16(12)23;1-15-10-5-3-2-4-9(10)8-6-13-11(12)14-7-8;1-11-7-5-3-2-4-6(7)8(9)10;5-3-1-7-4(6)8-2-3;5-3-1-6-4(8)7-2-3/h2-6,8-10H,7H2,1H3,(H,23,24);1-5,7-9,23H,6H2,(H,22,24);2-7H,1H3;2-5,9-10H,1H3;1-2H;1-2H,(H,6,7,8). The normalized spacial score (nSPS) is 11.2. The van der Waals surface area contributed by atoms with Gasteiger partial charge in [-0.15, -0.1) is 0 Å². The van der Waals surface area contributed by atoms with Gasteiger partial charge >= 0.3 is 12.8 Å². The topological polar surface area (TPSA) is 295 Å². The van der Waals surface area contributed by atoms with Crippen LogP contribution in [0.2, 0.25) is 20.6 Å². The second kappa shape index (κ2) is 33.0. The van der Waals surface area contributed by atoms with Crippen LogP contribution in [-0.4, -0.2) is 105 Å². The van der Waals surface area contributed by atoms with Crippen LogP contribution in [0.1, 0.15) is 11.1 Å². The molecule has 7 heterocycles. The summed E-state index contributed by atoms with van der Waals surface area (Å²) in [6.07, 6.45) is 17.0. The Kier molecular flexibility index (Phi) is 24.6. The summed E-state index contributed by atoms with van der Waals surface area (Å²) in [6.45, 7) is 0. The molecule has 0 bridgehead atoms. The van der Waals surface area contributed by atoms with Gasteiger partial charge in [-0.05, 0) is 115 Å². The highest BCUT2D eigenvalue weighted by atomic mass is 79.9. The molecule has 28 heteroatoms. The van der Waals surface area contributed by atoms with Crippen molar-refractivity contribution in [1.82, 2.24) is 49.8 Å². The van der Waals surface area contributed by atoms with Crippen LogP contribution >= 0.6 is 78.3 Å². The summed E-state index contributed by atoms with van der Waals surface area (Å²) < 4.78 is 17.1. The van der Waals surface area contributed by atoms with Crippen molar-refractivity contribution in [2.45, 2.75) is 12.8 Å². The number of fused-ring (bicyclic) bond motifs is 2. The number of methoxy groups -OCH3 is 3. The molecule has 2 aliphatic heterocycles. The molecule has 2 amide bonds. The Morgan fingerprint density at radius 1 is 0.462 bits per heavy atom. The van der Waals surface area contributed by atoms with Crippen LogP contribution in [0.4, 0.5) is 11.4 Å². The van der Waals surface area contributed by atoms with Crippen molar-refractivity contribution in [2.75, 3.05) is 32.0 Å². The number of ether oxygens (including phenoxy) is 3. The van der Waals surface area contributed by atoms with E-state index in [1.807, 2.05) is 66.7 Å². The zero-order chi connectivity index (χ0) is 65.0. The Bertz CT molecular complexity index is 4320. The summed E-state index contributed by atoms with van der Waals surface area (Å²) in [5.74, 6) is 3.13. The van der Waals surface area contributed by atoms with Gasteiger partial charge in [-0.1, -0.05) is 96.0 Å². The molecule has 13 rings (SSSR count). The minimum absolute atomic E-state index is 0.0318.